The largest absolute Gasteiger partial charge is 0.383 e. The molecule has 4 heteroatoms. The van der Waals surface area contributed by atoms with Crippen molar-refractivity contribution in [2.45, 2.75) is 19.8 Å². The summed E-state index contributed by atoms with van der Waals surface area (Å²) in [5.74, 6) is 0.260. The second-order valence-electron chi connectivity index (χ2n) is 5.88. The van der Waals surface area contributed by atoms with E-state index in [-0.39, 0.29) is 5.82 Å². The number of hydrogen-bond donors (Lipinski definition) is 1. The van der Waals surface area contributed by atoms with Crippen molar-refractivity contribution in [2.75, 3.05) is 5.73 Å². The molecule has 2 N–H and O–H groups in total. The lowest BCUT2D eigenvalue weighted by molar-refractivity contribution is 0.922. The first-order valence-corrected chi connectivity index (χ1v) is 8.97. The van der Waals surface area contributed by atoms with Crippen LogP contribution in [0.25, 0.3) is 22.4 Å². The quantitative estimate of drug-likeness (QED) is 0.630. The fraction of sp³-hybridized carbons (Fsp3) is 0.143. The van der Waals surface area contributed by atoms with Crippen molar-refractivity contribution in [1.82, 2.24) is 4.98 Å². The van der Waals surface area contributed by atoms with Crippen molar-refractivity contribution in [3.05, 3.63) is 70.2 Å². The summed E-state index contributed by atoms with van der Waals surface area (Å²) in [5, 5.41) is 9.49. The molecule has 2 aromatic carbocycles. The van der Waals surface area contributed by atoms with Gasteiger partial charge in [-0.1, -0.05) is 65.7 Å². The minimum atomic E-state index is 0.260. The molecule has 0 aliphatic heterocycles. The van der Waals surface area contributed by atoms with Crippen LogP contribution in [0.1, 0.15) is 24.5 Å². The van der Waals surface area contributed by atoms with E-state index in [1.54, 1.807) is 0 Å². The number of aromatic nitrogens is 1. The highest BCUT2D eigenvalue weighted by atomic mass is 79.9. The number of nitrogens with two attached hydrogens (primary N) is 1. The van der Waals surface area contributed by atoms with Gasteiger partial charge < -0.3 is 5.73 Å². The summed E-state index contributed by atoms with van der Waals surface area (Å²) in [5.41, 5.74) is 11.3. The van der Waals surface area contributed by atoms with Crippen molar-refractivity contribution < 1.29 is 0 Å². The Kier molecular flexibility index (Phi) is 5.16. The lowest BCUT2D eigenvalue weighted by Crippen LogP contribution is -1.99. The summed E-state index contributed by atoms with van der Waals surface area (Å²) in [6, 6.07) is 20.3. The van der Waals surface area contributed by atoms with E-state index in [1.165, 1.54) is 5.56 Å². The van der Waals surface area contributed by atoms with Gasteiger partial charge >= 0.3 is 0 Å². The SMILES string of the molecule is CCCc1ccc(-c2cc(-c3ccc(Br)cc3)c(C#N)c(N)n2)cc1. The summed E-state index contributed by atoms with van der Waals surface area (Å²) in [6.07, 6.45) is 2.18. The fourth-order valence-electron chi connectivity index (χ4n) is 2.82. The highest BCUT2D eigenvalue weighted by Gasteiger charge is 2.13. The molecule has 0 atom stereocenters. The van der Waals surface area contributed by atoms with Crippen LogP contribution in [0.5, 0.6) is 0 Å². The Balaban J connectivity index is 2.10. The van der Waals surface area contributed by atoms with Crippen LogP contribution in [-0.2, 0) is 6.42 Å². The molecule has 0 bridgehead atoms. The monoisotopic (exact) mass is 391 g/mol. The highest BCUT2D eigenvalue weighted by molar-refractivity contribution is 9.10. The van der Waals surface area contributed by atoms with Gasteiger partial charge in [0.15, 0.2) is 0 Å². The molecule has 3 aromatic rings. The van der Waals surface area contributed by atoms with Gasteiger partial charge in [-0.3, -0.25) is 0 Å². The lowest BCUT2D eigenvalue weighted by atomic mass is 9.98. The van der Waals surface area contributed by atoms with Crippen molar-refractivity contribution in [3.8, 4) is 28.5 Å². The molecule has 0 saturated heterocycles. The lowest BCUT2D eigenvalue weighted by Gasteiger charge is -2.11. The number of nitrogen functional groups attached to an aromatic ring is 1. The predicted molar refractivity (Wildman–Crippen MR) is 106 cm³/mol. The standard InChI is InChI=1S/C21H18BrN3/c1-2-3-14-4-6-16(7-5-14)20-12-18(19(13-23)21(24)25-20)15-8-10-17(22)11-9-15/h4-12H,2-3H2,1H3,(H2,24,25). The summed E-state index contributed by atoms with van der Waals surface area (Å²) in [4.78, 5) is 4.44. The molecular formula is C21H18BrN3. The number of pyridine rings is 1. The molecule has 0 aliphatic carbocycles. The summed E-state index contributed by atoms with van der Waals surface area (Å²) in [7, 11) is 0. The number of benzene rings is 2. The zero-order chi connectivity index (χ0) is 17.8. The van der Waals surface area contributed by atoms with Crippen LogP contribution in [0.3, 0.4) is 0 Å². The number of nitrogens with zero attached hydrogens (tertiary/aromatic N) is 2. The van der Waals surface area contributed by atoms with Crippen LogP contribution in [-0.4, -0.2) is 4.98 Å². The third-order valence-electron chi connectivity index (χ3n) is 4.10. The molecule has 0 saturated carbocycles. The fourth-order valence-corrected chi connectivity index (χ4v) is 3.08. The van der Waals surface area contributed by atoms with Gasteiger partial charge in [-0.05, 0) is 35.7 Å². The average molecular weight is 392 g/mol. The van der Waals surface area contributed by atoms with E-state index in [4.69, 9.17) is 5.73 Å². The topological polar surface area (TPSA) is 62.7 Å². The number of anilines is 1. The van der Waals surface area contributed by atoms with Crippen LogP contribution < -0.4 is 5.73 Å². The smallest absolute Gasteiger partial charge is 0.142 e. The number of aryl methyl sites for hydroxylation is 1. The first-order chi connectivity index (χ1) is 12.1. The second-order valence-corrected chi connectivity index (χ2v) is 6.80. The predicted octanol–water partition coefficient (Wildman–Crippen LogP) is 5.58. The Morgan fingerprint density at radius 3 is 2.28 bits per heavy atom. The van der Waals surface area contributed by atoms with E-state index in [0.29, 0.717) is 5.56 Å². The molecule has 0 aliphatic rings. The molecule has 0 fully saturated rings. The minimum Gasteiger partial charge on any atom is -0.383 e. The van der Waals surface area contributed by atoms with Crippen molar-refractivity contribution in [3.63, 3.8) is 0 Å². The number of hydrogen-bond acceptors (Lipinski definition) is 3. The van der Waals surface area contributed by atoms with Gasteiger partial charge in [-0.2, -0.15) is 5.26 Å². The summed E-state index contributed by atoms with van der Waals surface area (Å²) < 4.78 is 0.989. The molecular weight excluding hydrogens is 374 g/mol. The van der Waals surface area contributed by atoms with Gasteiger partial charge in [-0.15, -0.1) is 0 Å². The molecule has 1 aromatic heterocycles. The average Bonchev–Trinajstić information content (AvgIpc) is 2.62. The van der Waals surface area contributed by atoms with Gasteiger partial charge in [0.25, 0.3) is 0 Å². The molecule has 0 spiro atoms. The maximum Gasteiger partial charge on any atom is 0.142 e. The molecule has 0 radical (unpaired) electrons. The Morgan fingerprint density at radius 2 is 1.68 bits per heavy atom. The normalized spacial score (nSPS) is 10.4. The number of rotatable bonds is 4. The first-order valence-electron chi connectivity index (χ1n) is 8.18. The maximum atomic E-state index is 9.49. The van der Waals surface area contributed by atoms with Crippen LogP contribution in [0.15, 0.2) is 59.1 Å². The van der Waals surface area contributed by atoms with Gasteiger partial charge in [0.2, 0.25) is 0 Å². The van der Waals surface area contributed by atoms with Crippen molar-refractivity contribution in [1.29, 1.82) is 5.26 Å². The van der Waals surface area contributed by atoms with Gasteiger partial charge in [0, 0.05) is 15.6 Å². The van der Waals surface area contributed by atoms with E-state index in [2.05, 4.69) is 58.2 Å². The third kappa shape index (κ3) is 3.72. The van der Waals surface area contributed by atoms with Crippen LogP contribution >= 0.6 is 15.9 Å². The molecule has 0 amide bonds. The summed E-state index contributed by atoms with van der Waals surface area (Å²) >= 11 is 3.44. The van der Waals surface area contributed by atoms with Gasteiger partial charge in [0.05, 0.1) is 5.69 Å². The molecule has 3 nitrogen and oxygen atoms in total. The first kappa shape index (κ1) is 17.2. The van der Waals surface area contributed by atoms with E-state index >= 15 is 0 Å². The Labute approximate surface area is 156 Å². The molecule has 3 rings (SSSR count). The molecule has 1 heterocycles. The van der Waals surface area contributed by atoms with Gasteiger partial charge in [-0.25, -0.2) is 4.98 Å². The van der Waals surface area contributed by atoms with Crippen LogP contribution in [0.2, 0.25) is 0 Å². The number of nitriles is 1. The minimum absolute atomic E-state index is 0.260. The zero-order valence-electron chi connectivity index (χ0n) is 14.0. The van der Waals surface area contributed by atoms with Crippen molar-refractivity contribution >= 4 is 21.7 Å². The molecule has 25 heavy (non-hydrogen) atoms. The maximum absolute atomic E-state index is 9.49. The number of halogens is 1. The van der Waals surface area contributed by atoms with Gasteiger partial charge in [0.1, 0.15) is 17.5 Å². The van der Waals surface area contributed by atoms with E-state index in [0.717, 1.165) is 39.7 Å². The molecule has 124 valence electrons. The van der Waals surface area contributed by atoms with Crippen molar-refractivity contribution in [2.24, 2.45) is 0 Å². The Morgan fingerprint density at radius 1 is 1.04 bits per heavy atom. The van der Waals surface area contributed by atoms with E-state index < -0.39 is 0 Å². The van der Waals surface area contributed by atoms with E-state index in [9.17, 15) is 5.26 Å². The highest BCUT2D eigenvalue weighted by Crippen LogP contribution is 2.32. The van der Waals surface area contributed by atoms with Crippen LogP contribution in [0.4, 0.5) is 5.82 Å². The third-order valence-corrected chi connectivity index (χ3v) is 4.63. The Bertz CT molecular complexity index is 923. The second kappa shape index (κ2) is 7.50. The Hall–Kier alpha value is -2.64. The van der Waals surface area contributed by atoms with Crippen LogP contribution in [0, 0.1) is 11.3 Å². The summed E-state index contributed by atoms with van der Waals surface area (Å²) in [6.45, 7) is 2.17. The molecule has 0 unspecified atom stereocenters. The van der Waals surface area contributed by atoms with E-state index in [1.807, 2.05) is 30.3 Å². The zero-order valence-corrected chi connectivity index (χ0v) is 15.5.